The van der Waals surface area contributed by atoms with Gasteiger partial charge in [0.1, 0.15) is 29.6 Å². The van der Waals surface area contributed by atoms with Crippen molar-refractivity contribution in [3.05, 3.63) is 0 Å². The molecular weight excluding hydrogens is 913 g/mol. The lowest BCUT2D eigenvalue weighted by atomic mass is 10.1. The Morgan fingerprint density at radius 1 is 0.500 bits per heavy atom. The van der Waals surface area contributed by atoms with Crippen molar-refractivity contribution in [3.63, 3.8) is 0 Å². The molecule has 21 heteroatoms. The van der Waals surface area contributed by atoms with Crippen molar-refractivity contribution in [2.45, 2.75) is 213 Å². The minimum Gasteiger partial charge on any atom is -0.481 e. The van der Waals surface area contributed by atoms with E-state index in [4.69, 9.17) is 14.6 Å². The van der Waals surface area contributed by atoms with Crippen molar-refractivity contribution >= 4 is 70.7 Å². The Labute approximate surface area is 412 Å². The van der Waals surface area contributed by atoms with Gasteiger partial charge in [-0.25, -0.2) is 0 Å². The summed E-state index contributed by atoms with van der Waals surface area (Å²) >= 11 is 0. The van der Waals surface area contributed by atoms with Gasteiger partial charge in [0, 0.05) is 121 Å². The molecule has 2 aliphatic heterocycles. The molecule has 396 valence electrons. The summed E-state index contributed by atoms with van der Waals surface area (Å²) in [5, 5.41) is 19.8. The van der Waals surface area contributed by atoms with Gasteiger partial charge in [0.15, 0.2) is 0 Å². The molecule has 0 aromatic carbocycles. The first-order chi connectivity index (χ1) is 33.2. The maximum Gasteiger partial charge on any atom is 0.306 e. The predicted octanol–water partition coefficient (Wildman–Crippen LogP) is 3.15. The van der Waals surface area contributed by atoms with E-state index in [9.17, 15) is 57.5 Å². The number of nitrogens with one attached hydrogen (secondary N) is 4. The number of ether oxygens (including phenoxy) is 2. The highest BCUT2D eigenvalue weighted by Crippen LogP contribution is 2.26. The highest BCUT2D eigenvalue weighted by atomic mass is 16.5. The fourth-order valence-electron chi connectivity index (χ4n) is 7.81. The van der Waals surface area contributed by atoms with E-state index in [1.54, 1.807) is 37.5 Å². The first-order valence-corrected chi connectivity index (χ1v) is 25.0. The van der Waals surface area contributed by atoms with Crippen LogP contribution in [0.15, 0.2) is 0 Å². The van der Waals surface area contributed by atoms with Crippen LogP contribution in [0, 0.1) is 0 Å². The molecule has 6 atom stereocenters. The molecule has 0 saturated carbocycles. The van der Waals surface area contributed by atoms with Gasteiger partial charge in [0.05, 0.1) is 32.4 Å². The van der Waals surface area contributed by atoms with Gasteiger partial charge >= 0.3 is 17.9 Å². The Bertz CT molecular complexity index is 1620. The van der Waals surface area contributed by atoms with Gasteiger partial charge in [-0.3, -0.25) is 52.7 Å². The lowest BCUT2D eigenvalue weighted by Gasteiger charge is -2.23. The number of likely N-dealkylation sites (tertiary alicyclic amines) is 2. The number of carbonyl (C=O) groups is 12. The second-order valence-electron chi connectivity index (χ2n) is 17.7. The van der Waals surface area contributed by atoms with Crippen molar-refractivity contribution in [3.8, 4) is 0 Å². The molecule has 2 saturated heterocycles. The van der Waals surface area contributed by atoms with Crippen molar-refractivity contribution in [1.29, 1.82) is 0 Å². The third kappa shape index (κ3) is 26.3. The summed E-state index contributed by atoms with van der Waals surface area (Å²) in [7, 11) is 0. The molecule has 0 spiro atoms. The van der Waals surface area contributed by atoms with E-state index in [0.717, 1.165) is 0 Å². The van der Waals surface area contributed by atoms with Gasteiger partial charge in [-0.05, 0) is 32.6 Å². The zero-order chi connectivity index (χ0) is 52.8. The first kappa shape index (κ1) is 62.3. The van der Waals surface area contributed by atoms with Crippen LogP contribution in [0.1, 0.15) is 177 Å². The second-order valence-corrected chi connectivity index (χ2v) is 17.7. The number of carbonyl (C=O) groups excluding carboxylic acids is 11. The van der Waals surface area contributed by atoms with Gasteiger partial charge in [-0.15, -0.1) is 0 Å². The monoisotopic (exact) mass is 993 g/mol. The lowest BCUT2D eigenvalue weighted by molar-refractivity contribution is -0.152. The van der Waals surface area contributed by atoms with Crippen LogP contribution >= 0.6 is 0 Å². The second kappa shape index (κ2) is 34.5. The van der Waals surface area contributed by atoms with Gasteiger partial charge in [-0.1, -0.05) is 41.5 Å². The number of carboxylic acids is 1. The third-order valence-electron chi connectivity index (χ3n) is 12.1. The number of hydrogen-bond acceptors (Lipinski definition) is 14. The van der Waals surface area contributed by atoms with Gasteiger partial charge in [0.2, 0.25) is 35.4 Å². The zero-order valence-corrected chi connectivity index (χ0v) is 42.5. The van der Waals surface area contributed by atoms with E-state index >= 15 is 0 Å². The summed E-state index contributed by atoms with van der Waals surface area (Å²) < 4.78 is 10.8. The fourth-order valence-corrected chi connectivity index (χ4v) is 7.81. The van der Waals surface area contributed by atoms with E-state index in [2.05, 4.69) is 21.3 Å². The third-order valence-corrected chi connectivity index (χ3v) is 12.1. The molecular formula is C49H80N6O15. The van der Waals surface area contributed by atoms with Crippen LogP contribution in [-0.4, -0.2) is 148 Å². The maximum atomic E-state index is 12.8. The molecule has 21 nitrogen and oxygen atoms in total. The van der Waals surface area contributed by atoms with Crippen LogP contribution in [0.2, 0.25) is 0 Å². The number of carboxylic acid groups (broad SMARTS) is 1. The highest BCUT2D eigenvalue weighted by Gasteiger charge is 2.37. The van der Waals surface area contributed by atoms with Crippen LogP contribution in [0.25, 0.3) is 0 Å². The van der Waals surface area contributed by atoms with Crippen LogP contribution < -0.4 is 21.3 Å². The molecule has 2 aliphatic rings. The normalized spacial score (nSPS) is 18.0. The number of esters is 2. The zero-order valence-electron chi connectivity index (χ0n) is 42.5. The van der Waals surface area contributed by atoms with E-state index in [1.807, 2.05) is 13.8 Å². The largest absolute Gasteiger partial charge is 0.481 e. The Morgan fingerprint density at radius 3 is 1.21 bits per heavy atom. The summed E-state index contributed by atoms with van der Waals surface area (Å²) in [5.74, 6) is -3.45. The number of aliphatic carboxylic acids is 1. The molecule has 70 heavy (non-hydrogen) atoms. The molecule has 2 heterocycles. The SMILES string of the molecule is CCC(=O)CCC(CNC(=O)CC)NC(=O)CCC(=O)N1C[C@H](OC(=O)CCC(=O)O)C[C@H]1CC.CCC(=O)CCC(CNC(=O)CC)NC(=O)CCC(=O)N1C[C@H](OC(=O)CCC(C)=O)C[C@H]1CC. The van der Waals surface area contributed by atoms with Crippen LogP contribution in [0.4, 0.5) is 0 Å². The quantitative estimate of drug-likeness (QED) is 0.0605. The van der Waals surface area contributed by atoms with Crippen molar-refractivity contribution in [2.75, 3.05) is 26.2 Å². The van der Waals surface area contributed by atoms with Gasteiger partial charge in [0.25, 0.3) is 0 Å². The average molecular weight is 993 g/mol. The number of ketones is 3. The van der Waals surface area contributed by atoms with E-state index in [-0.39, 0.29) is 142 Å². The van der Waals surface area contributed by atoms with Crippen molar-refractivity contribution in [2.24, 2.45) is 0 Å². The summed E-state index contributed by atoms with van der Waals surface area (Å²) in [6.07, 6.45) is 3.86. The van der Waals surface area contributed by atoms with Crippen molar-refractivity contribution < 1.29 is 72.1 Å². The van der Waals surface area contributed by atoms with E-state index < -0.39 is 42.2 Å². The Balaban J connectivity index is 0.000000700. The number of Topliss-reactive ketones (excluding diaryl/α,β-unsaturated/α-hetero) is 3. The molecule has 0 aliphatic carbocycles. The number of hydrogen-bond donors (Lipinski definition) is 5. The average Bonchev–Trinajstić information content (AvgIpc) is 3.95. The number of nitrogens with zero attached hydrogens (tertiary/aromatic N) is 2. The molecule has 0 radical (unpaired) electrons. The van der Waals surface area contributed by atoms with Crippen molar-refractivity contribution in [1.82, 2.24) is 31.1 Å². The number of amides is 6. The standard InChI is InChI=1S/C25H41N3O7.C24H39N3O8/c1-5-19-14-21(35-25(34)13-8-17(4)29)16-28(19)24(33)12-11-23(32)27-18(9-10-20(30)6-2)15-26-22(31)7-3;1-4-17-13-19(35-24(34)12-11-23(32)33)15-27(17)22(31)10-9-21(30)26-16(7-8-18(28)5-2)14-25-20(29)6-3/h18-19,21H,5-16H2,1-4H3,(H,26,31)(H,27,32);16-17,19H,4-15H2,1-3H3,(H,25,29)(H,26,30)(H,32,33)/t18?,19-,21-;16?,17-,19-/m11/s1. The summed E-state index contributed by atoms with van der Waals surface area (Å²) in [5.41, 5.74) is 0. The molecule has 0 bridgehead atoms. The minimum absolute atomic E-state index is 0.00919. The van der Waals surface area contributed by atoms with Crippen LogP contribution in [0.5, 0.6) is 0 Å². The molecule has 6 amide bonds. The molecule has 2 unspecified atom stereocenters. The summed E-state index contributed by atoms with van der Waals surface area (Å²) in [4.78, 5) is 146. The lowest BCUT2D eigenvalue weighted by Crippen LogP contribution is -2.44. The number of rotatable bonds is 32. The highest BCUT2D eigenvalue weighted by molar-refractivity contribution is 5.86. The Kier molecular flexibility index (Phi) is 30.7. The van der Waals surface area contributed by atoms with Gasteiger partial charge < -0.3 is 50.4 Å². The van der Waals surface area contributed by atoms with Gasteiger partial charge in [-0.2, -0.15) is 0 Å². The minimum atomic E-state index is -1.08. The molecule has 0 aromatic heterocycles. The van der Waals surface area contributed by atoms with Crippen LogP contribution in [0.3, 0.4) is 0 Å². The molecule has 2 fully saturated rings. The Morgan fingerprint density at radius 2 is 0.886 bits per heavy atom. The smallest absolute Gasteiger partial charge is 0.306 e. The molecule has 2 rings (SSSR count). The van der Waals surface area contributed by atoms with E-state index in [0.29, 0.717) is 77.0 Å². The van der Waals surface area contributed by atoms with E-state index in [1.165, 1.54) is 6.92 Å². The molecule has 5 N–H and O–H groups in total. The maximum absolute atomic E-state index is 12.8. The fraction of sp³-hybridized carbons (Fsp3) is 0.755. The first-order valence-electron chi connectivity index (χ1n) is 25.0. The molecule has 0 aromatic rings. The predicted molar refractivity (Wildman–Crippen MR) is 255 cm³/mol. The summed E-state index contributed by atoms with van der Waals surface area (Å²) in [6.45, 7) is 13.2. The Hall–Kier alpha value is -5.76. The topological polar surface area (TPSA) is 298 Å². The van der Waals surface area contributed by atoms with Crippen LogP contribution in [-0.2, 0) is 67.0 Å². The summed E-state index contributed by atoms with van der Waals surface area (Å²) in [6, 6.07) is -1.00.